The Morgan fingerprint density at radius 3 is 2.50 bits per heavy atom. The van der Waals surface area contributed by atoms with Gasteiger partial charge in [-0.25, -0.2) is 0 Å². The van der Waals surface area contributed by atoms with Crippen LogP contribution in [-0.2, 0) is 4.79 Å². The number of nitrogens with zero attached hydrogens (tertiary/aromatic N) is 1. The molecule has 1 N–H and O–H groups in total. The molecule has 0 radical (unpaired) electrons. The first-order valence-corrected chi connectivity index (χ1v) is 5.68. The summed E-state index contributed by atoms with van der Waals surface area (Å²) in [6, 6.07) is 10.3. The van der Waals surface area contributed by atoms with Crippen LogP contribution in [-0.4, -0.2) is 23.7 Å². The first-order chi connectivity index (χ1) is 7.65. The predicted octanol–water partition coefficient (Wildman–Crippen LogP) is 2.77. The van der Waals surface area contributed by atoms with Crippen LogP contribution in [0.3, 0.4) is 0 Å². The van der Waals surface area contributed by atoms with Crippen molar-refractivity contribution in [2.24, 2.45) is 0 Å². The van der Waals surface area contributed by atoms with Crippen LogP contribution in [0.25, 0.3) is 0 Å². The molecule has 0 heterocycles. The van der Waals surface area contributed by atoms with Gasteiger partial charge in [-0.3, -0.25) is 4.79 Å². The molecular weight excluding hydrogens is 202 g/mol. The zero-order valence-corrected chi connectivity index (χ0v) is 9.89. The zero-order chi connectivity index (χ0) is 12.0. The Bertz CT molecular complexity index is 324. The lowest BCUT2D eigenvalue weighted by molar-refractivity contribution is -0.136. The highest BCUT2D eigenvalue weighted by Gasteiger charge is 2.13. The summed E-state index contributed by atoms with van der Waals surface area (Å²) in [4.78, 5) is 12.8. The molecule has 0 aromatic heterocycles. The van der Waals surface area contributed by atoms with Crippen molar-refractivity contribution >= 4 is 11.7 Å². The van der Waals surface area contributed by atoms with Crippen molar-refractivity contribution < 1.29 is 9.90 Å². The van der Waals surface area contributed by atoms with E-state index in [1.807, 2.05) is 30.3 Å². The van der Waals surface area contributed by atoms with Gasteiger partial charge in [-0.2, -0.15) is 0 Å². The maximum absolute atomic E-state index is 10.6. The Hall–Kier alpha value is -1.51. The summed E-state index contributed by atoms with van der Waals surface area (Å²) >= 11 is 0. The Labute approximate surface area is 96.7 Å². The molecule has 0 spiro atoms. The summed E-state index contributed by atoms with van der Waals surface area (Å²) in [5, 5.41) is 8.74. The van der Waals surface area contributed by atoms with Gasteiger partial charge in [-0.1, -0.05) is 25.1 Å². The SMILES string of the molecule is CCC(C)N(CCC(=O)O)c1ccccc1. The highest BCUT2D eigenvalue weighted by atomic mass is 16.4. The molecule has 0 aliphatic rings. The van der Waals surface area contributed by atoms with E-state index in [-0.39, 0.29) is 6.42 Å². The van der Waals surface area contributed by atoms with Crippen LogP contribution in [0.15, 0.2) is 30.3 Å². The van der Waals surface area contributed by atoms with Crippen molar-refractivity contribution in [3.63, 3.8) is 0 Å². The molecule has 16 heavy (non-hydrogen) atoms. The summed E-state index contributed by atoms with van der Waals surface area (Å²) in [5.74, 6) is -0.746. The number of hydrogen-bond donors (Lipinski definition) is 1. The monoisotopic (exact) mass is 221 g/mol. The number of rotatable bonds is 6. The van der Waals surface area contributed by atoms with Gasteiger partial charge >= 0.3 is 5.97 Å². The minimum atomic E-state index is -0.746. The van der Waals surface area contributed by atoms with E-state index in [4.69, 9.17) is 5.11 Å². The maximum atomic E-state index is 10.6. The molecule has 0 saturated carbocycles. The lowest BCUT2D eigenvalue weighted by Gasteiger charge is -2.30. The van der Waals surface area contributed by atoms with Crippen molar-refractivity contribution in [1.29, 1.82) is 0 Å². The molecule has 1 aromatic carbocycles. The van der Waals surface area contributed by atoms with Crippen molar-refractivity contribution in [1.82, 2.24) is 0 Å². The number of carbonyl (C=O) groups is 1. The average Bonchev–Trinajstić information content (AvgIpc) is 2.30. The maximum Gasteiger partial charge on any atom is 0.305 e. The molecular formula is C13H19NO2. The van der Waals surface area contributed by atoms with Gasteiger partial charge in [-0.15, -0.1) is 0 Å². The molecule has 88 valence electrons. The van der Waals surface area contributed by atoms with Crippen LogP contribution < -0.4 is 4.90 Å². The van der Waals surface area contributed by atoms with E-state index in [9.17, 15) is 4.79 Å². The fourth-order valence-electron chi connectivity index (χ4n) is 1.66. The summed E-state index contributed by atoms with van der Waals surface area (Å²) < 4.78 is 0. The molecule has 3 heteroatoms. The van der Waals surface area contributed by atoms with Gasteiger partial charge in [0.05, 0.1) is 6.42 Å². The predicted molar refractivity (Wildman–Crippen MR) is 65.8 cm³/mol. The van der Waals surface area contributed by atoms with Gasteiger partial charge in [-0.05, 0) is 25.5 Å². The Balaban J connectivity index is 2.75. The van der Waals surface area contributed by atoms with Crippen LogP contribution in [0.5, 0.6) is 0 Å². The summed E-state index contributed by atoms with van der Waals surface area (Å²) in [7, 11) is 0. The Morgan fingerprint density at radius 2 is 2.00 bits per heavy atom. The third-order valence-corrected chi connectivity index (χ3v) is 2.78. The number of aliphatic carboxylic acids is 1. The van der Waals surface area contributed by atoms with Crippen LogP contribution >= 0.6 is 0 Å². The largest absolute Gasteiger partial charge is 0.481 e. The molecule has 0 fully saturated rings. The topological polar surface area (TPSA) is 40.5 Å². The van der Waals surface area contributed by atoms with Crippen molar-refractivity contribution in [3.8, 4) is 0 Å². The molecule has 0 bridgehead atoms. The Kier molecular flexibility index (Phi) is 4.83. The molecule has 3 nitrogen and oxygen atoms in total. The van der Waals surface area contributed by atoms with Crippen molar-refractivity contribution in [2.75, 3.05) is 11.4 Å². The second-order valence-electron chi connectivity index (χ2n) is 3.93. The fraction of sp³-hybridized carbons (Fsp3) is 0.462. The van der Waals surface area contributed by atoms with Gasteiger partial charge in [0.1, 0.15) is 0 Å². The van der Waals surface area contributed by atoms with Crippen LogP contribution in [0.1, 0.15) is 26.7 Å². The van der Waals surface area contributed by atoms with E-state index in [2.05, 4.69) is 18.7 Å². The van der Waals surface area contributed by atoms with E-state index in [1.165, 1.54) is 0 Å². The molecule has 1 atom stereocenters. The second-order valence-corrected chi connectivity index (χ2v) is 3.93. The molecule has 1 unspecified atom stereocenters. The summed E-state index contributed by atoms with van der Waals surface area (Å²) in [6.07, 6.45) is 1.19. The van der Waals surface area contributed by atoms with E-state index in [0.29, 0.717) is 12.6 Å². The zero-order valence-electron chi connectivity index (χ0n) is 9.89. The van der Waals surface area contributed by atoms with Gasteiger partial charge in [0.2, 0.25) is 0 Å². The minimum Gasteiger partial charge on any atom is -0.481 e. The average molecular weight is 221 g/mol. The van der Waals surface area contributed by atoms with Crippen molar-refractivity contribution in [3.05, 3.63) is 30.3 Å². The van der Waals surface area contributed by atoms with E-state index >= 15 is 0 Å². The normalized spacial score (nSPS) is 12.1. The van der Waals surface area contributed by atoms with Gasteiger partial charge in [0, 0.05) is 18.3 Å². The number of hydrogen-bond acceptors (Lipinski definition) is 2. The standard InChI is InChI=1S/C13H19NO2/c1-3-11(2)14(10-9-13(15)16)12-7-5-4-6-8-12/h4-8,11H,3,9-10H2,1-2H3,(H,15,16). The highest BCUT2D eigenvalue weighted by Crippen LogP contribution is 2.18. The minimum absolute atomic E-state index is 0.180. The third-order valence-electron chi connectivity index (χ3n) is 2.78. The van der Waals surface area contributed by atoms with E-state index in [0.717, 1.165) is 12.1 Å². The first-order valence-electron chi connectivity index (χ1n) is 5.68. The van der Waals surface area contributed by atoms with Crippen molar-refractivity contribution in [2.45, 2.75) is 32.7 Å². The summed E-state index contributed by atoms with van der Waals surface area (Å²) in [6.45, 7) is 4.80. The van der Waals surface area contributed by atoms with Gasteiger partial charge in [0.15, 0.2) is 0 Å². The number of carboxylic acids is 1. The fourth-order valence-corrected chi connectivity index (χ4v) is 1.66. The van der Waals surface area contributed by atoms with Gasteiger partial charge in [0.25, 0.3) is 0 Å². The summed E-state index contributed by atoms with van der Waals surface area (Å²) in [5.41, 5.74) is 1.10. The molecule has 0 aliphatic carbocycles. The molecule has 1 rings (SSSR count). The smallest absolute Gasteiger partial charge is 0.305 e. The number of benzene rings is 1. The van der Waals surface area contributed by atoms with Crippen LogP contribution in [0.4, 0.5) is 5.69 Å². The molecule has 0 saturated heterocycles. The molecule has 0 amide bonds. The van der Waals surface area contributed by atoms with Crippen LogP contribution in [0, 0.1) is 0 Å². The molecule has 1 aromatic rings. The van der Waals surface area contributed by atoms with E-state index < -0.39 is 5.97 Å². The highest BCUT2D eigenvalue weighted by molar-refractivity contribution is 5.67. The first kappa shape index (κ1) is 12.6. The lowest BCUT2D eigenvalue weighted by atomic mass is 10.1. The lowest BCUT2D eigenvalue weighted by Crippen LogP contribution is -2.34. The third kappa shape index (κ3) is 3.57. The van der Waals surface area contributed by atoms with Crippen LogP contribution in [0.2, 0.25) is 0 Å². The second kappa shape index (κ2) is 6.16. The number of anilines is 1. The number of para-hydroxylation sites is 1. The number of carboxylic acid groups (broad SMARTS) is 1. The van der Waals surface area contributed by atoms with Gasteiger partial charge < -0.3 is 10.0 Å². The van der Waals surface area contributed by atoms with E-state index in [1.54, 1.807) is 0 Å². The Morgan fingerprint density at radius 1 is 1.38 bits per heavy atom. The molecule has 0 aliphatic heterocycles. The quantitative estimate of drug-likeness (QED) is 0.803.